The number of carbonyl (C=O) groups is 5. The highest BCUT2D eigenvalue weighted by atomic mass is 32.2. The highest BCUT2D eigenvalue weighted by molar-refractivity contribution is 8.14. The van der Waals surface area contributed by atoms with Crippen LogP contribution in [0.2, 0.25) is 0 Å². The minimum absolute atomic E-state index is 0.0810. The second-order valence-electron chi connectivity index (χ2n) is 19.7. The standard InChI is InChI=1S/C53H69F2N11O8S/c1-33-31-64(52(70)41-30-57-66-21-16-45(60-49(41)66)58-34(2)40-29-39(55)12-13-44(40)74-33)23-22-62(5)46(67)17-25-72-27-28-73-26-24-63-19-14-36(15-20-63)47(61-50(69)35(3)56-4)53(71)65-18-6-7-43(65)51-59-42(32-75-51)48(68)37-8-10-38(54)11-9-37/h8-13,16,21,29-30,33-36,42-43,47,56H,6-7,14-15,17-20,22-28,31-32H2,1-5H3,(H,58,60)(H,61,69)/t33-,34?,35-,42?,43-,47-/m0/s1. The molecule has 19 nitrogen and oxygen atoms in total. The molecule has 4 aliphatic heterocycles. The molecule has 6 heterocycles. The summed E-state index contributed by atoms with van der Waals surface area (Å²) in [4.78, 5) is 85.1. The van der Waals surface area contributed by atoms with Crippen molar-refractivity contribution in [3.05, 3.63) is 89.2 Å². The van der Waals surface area contributed by atoms with Gasteiger partial charge in [-0.1, -0.05) is 0 Å². The summed E-state index contributed by atoms with van der Waals surface area (Å²) >= 11 is 1.49. The highest BCUT2D eigenvalue weighted by Crippen LogP contribution is 2.33. The molecule has 0 spiro atoms. The van der Waals surface area contributed by atoms with E-state index in [1.54, 1.807) is 49.1 Å². The number of hydrogen-bond acceptors (Lipinski definition) is 15. The number of halogens is 2. The van der Waals surface area contributed by atoms with Gasteiger partial charge in [-0.2, -0.15) is 5.10 Å². The van der Waals surface area contributed by atoms with E-state index in [0.29, 0.717) is 85.4 Å². The van der Waals surface area contributed by atoms with Crippen molar-refractivity contribution in [3.8, 4) is 5.75 Å². The molecule has 4 amide bonds. The molecule has 2 fully saturated rings. The average Bonchev–Trinajstić information content (AvgIpc) is 4.21. The summed E-state index contributed by atoms with van der Waals surface area (Å²) in [5.41, 5.74) is 1.67. The molecule has 4 aliphatic rings. The summed E-state index contributed by atoms with van der Waals surface area (Å²) in [6, 6.07) is 9.11. The normalized spacial score (nSPS) is 21.3. The van der Waals surface area contributed by atoms with Gasteiger partial charge in [0.25, 0.3) is 5.91 Å². The van der Waals surface area contributed by atoms with Crippen molar-refractivity contribution >= 4 is 57.7 Å². The van der Waals surface area contributed by atoms with Gasteiger partial charge in [0.15, 0.2) is 11.4 Å². The van der Waals surface area contributed by atoms with E-state index in [9.17, 15) is 32.8 Å². The van der Waals surface area contributed by atoms with Gasteiger partial charge in [-0.3, -0.25) is 29.0 Å². The van der Waals surface area contributed by atoms with Gasteiger partial charge in [0.1, 0.15) is 47.0 Å². The lowest BCUT2D eigenvalue weighted by Gasteiger charge is -2.38. The Kier molecular flexibility index (Phi) is 18.9. The average molecular weight is 1060 g/mol. The summed E-state index contributed by atoms with van der Waals surface area (Å²) in [6.45, 7) is 10.1. The molecule has 2 unspecified atom stereocenters. The third kappa shape index (κ3) is 13.9. The van der Waals surface area contributed by atoms with Crippen molar-refractivity contribution < 1.29 is 47.0 Å². The van der Waals surface area contributed by atoms with Crippen molar-refractivity contribution in [2.24, 2.45) is 10.9 Å². The molecule has 2 aromatic heterocycles. The van der Waals surface area contributed by atoms with Gasteiger partial charge in [-0.15, -0.1) is 11.8 Å². The predicted octanol–water partition coefficient (Wildman–Crippen LogP) is 4.48. The summed E-state index contributed by atoms with van der Waals surface area (Å²) in [5, 5.41) is 14.4. The van der Waals surface area contributed by atoms with Gasteiger partial charge in [-0.25, -0.2) is 18.3 Å². The van der Waals surface area contributed by atoms with Crippen molar-refractivity contribution in [1.82, 2.24) is 44.8 Å². The van der Waals surface area contributed by atoms with Crippen molar-refractivity contribution in [1.29, 1.82) is 0 Å². The Bertz CT molecular complexity index is 2690. The number of thioether (sulfide) groups is 1. The second-order valence-corrected chi connectivity index (χ2v) is 20.7. The number of aromatic nitrogens is 3. The lowest BCUT2D eigenvalue weighted by molar-refractivity contribution is -0.138. The fraction of sp³-hybridized carbons (Fsp3) is 0.547. The van der Waals surface area contributed by atoms with Gasteiger partial charge in [0.05, 0.1) is 68.8 Å². The number of ketones is 1. The molecule has 3 N–H and O–H groups in total. The SMILES string of the molecule is CN[C@@H](C)C(=O)N[C@H](C(=O)N1CCC[C@H]1C1=NC(C(=O)c2ccc(F)cc2)CS1)C1CCN(CCOCCOCCC(=O)N(C)CCN2C[C@H](C)Oc3ccc(F)cc3C(C)Nc3ccn4ncc(c4n3)C2=O)CC1. The molecule has 0 saturated carbocycles. The van der Waals surface area contributed by atoms with Gasteiger partial charge >= 0.3 is 0 Å². The number of hydrogen-bond donors (Lipinski definition) is 3. The molecule has 4 aromatic rings. The number of carbonyl (C=O) groups excluding carboxylic acids is 5. The fourth-order valence-electron chi connectivity index (χ4n) is 9.92. The van der Waals surface area contributed by atoms with Crippen molar-refractivity contribution in [2.45, 2.75) is 89.2 Å². The van der Waals surface area contributed by atoms with Crippen LogP contribution in [0.25, 0.3) is 5.65 Å². The van der Waals surface area contributed by atoms with Crippen LogP contribution in [-0.2, 0) is 23.9 Å². The molecule has 8 rings (SSSR count). The van der Waals surface area contributed by atoms with E-state index in [2.05, 4.69) is 30.9 Å². The number of Topliss-reactive ketones (excluding diaryl/α,β-unsaturated/α-hetero) is 1. The van der Waals surface area contributed by atoms with Crippen LogP contribution in [0.4, 0.5) is 14.6 Å². The maximum atomic E-state index is 14.5. The van der Waals surface area contributed by atoms with Gasteiger partial charge < -0.3 is 49.8 Å². The van der Waals surface area contributed by atoms with Crippen LogP contribution in [-0.4, -0.2) is 191 Å². The second kappa shape index (κ2) is 25.6. The van der Waals surface area contributed by atoms with Crippen LogP contribution in [0.3, 0.4) is 0 Å². The number of likely N-dealkylation sites (N-methyl/N-ethyl adjacent to an activating group) is 2. The molecule has 2 aromatic carbocycles. The van der Waals surface area contributed by atoms with Crippen molar-refractivity contribution in [2.75, 3.05) is 97.4 Å². The first-order chi connectivity index (χ1) is 36.2. The van der Waals surface area contributed by atoms with Gasteiger partial charge in [0, 0.05) is 56.3 Å². The summed E-state index contributed by atoms with van der Waals surface area (Å²) in [6.07, 6.45) is 5.75. The van der Waals surface area contributed by atoms with E-state index in [4.69, 9.17) is 19.2 Å². The Labute approximate surface area is 440 Å². The Morgan fingerprint density at radius 2 is 1.71 bits per heavy atom. The zero-order valence-corrected chi connectivity index (χ0v) is 44.2. The van der Waals surface area contributed by atoms with Crippen LogP contribution in [0.15, 0.2) is 65.9 Å². The van der Waals surface area contributed by atoms with Crippen LogP contribution in [0, 0.1) is 17.6 Å². The molecule has 75 heavy (non-hydrogen) atoms. The summed E-state index contributed by atoms with van der Waals surface area (Å²) in [5.74, 6) is -0.484. The molecule has 0 aliphatic carbocycles. The lowest BCUT2D eigenvalue weighted by Crippen LogP contribution is -2.58. The quantitative estimate of drug-likeness (QED) is 0.0826. The molecule has 6 atom stereocenters. The number of ether oxygens (including phenoxy) is 3. The van der Waals surface area contributed by atoms with E-state index in [-0.39, 0.29) is 80.1 Å². The summed E-state index contributed by atoms with van der Waals surface area (Å²) in [7, 11) is 3.39. The first-order valence-corrected chi connectivity index (χ1v) is 26.9. The number of amides is 4. The number of rotatable bonds is 20. The van der Waals surface area contributed by atoms with Crippen LogP contribution in [0.5, 0.6) is 5.75 Å². The number of nitrogens with zero attached hydrogens (tertiary/aromatic N) is 8. The summed E-state index contributed by atoms with van der Waals surface area (Å²) < 4.78 is 47.5. The third-order valence-electron chi connectivity index (χ3n) is 14.4. The smallest absolute Gasteiger partial charge is 0.259 e. The third-order valence-corrected chi connectivity index (χ3v) is 15.6. The molecular weight excluding hydrogens is 989 g/mol. The Morgan fingerprint density at radius 3 is 2.47 bits per heavy atom. The number of piperidine rings is 1. The minimum Gasteiger partial charge on any atom is -0.489 e. The van der Waals surface area contributed by atoms with E-state index in [0.717, 1.165) is 31.0 Å². The first-order valence-electron chi connectivity index (χ1n) is 25.9. The zero-order chi connectivity index (χ0) is 53.2. The Balaban J connectivity index is 0.757. The van der Waals surface area contributed by atoms with Gasteiger partial charge in [0.2, 0.25) is 17.7 Å². The molecule has 2 bridgehead atoms. The molecule has 0 radical (unpaired) electrons. The number of anilines is 1. The molecule has 404 valence electrons. The maximum Gasteiger partial charge on any atom is 0.259 e. The van der Waals surface area contributed by atoms with E-state index in [1.807, 2.05) is 18.7 Å². The Morgan fingerprint density at radius 1 is 0.960 bits per heavy atom. The van der Waals surface area contributed by atoms with Crippen LogP contribution in [0.1, 0.15) is 85.2 Å². The van der Waals surface area contributed by atoms with Crippen LogP contribution < -0.4 is 20.7 Å². The monoisotopic (exact) mass is 1060 g/mol. The Hall–Kier alpha value is -6.07. The number of fused-ring (bicyclic) bond motifs is 2. The van der Waals surface area contributed by atoms with Crippen molar-refractivity contribution in [3.63, 3.8) is 0 Å². The largest absolute Gasteiger partial charge is 0.489 e. The zero-order valence-electron chi connectivity index (χ0n) is 43.3. The minimum atomic E-state index is -0.715. The van der Waals surface area contributed by atoms with Crippen LogP contribution >= 0.6 is 11.8 Å². The molecule has 22 heteroatoms. The first kappa shape index (κ1) is 55.2. The molecular formula is C53H69F2N11O8S. The highest BCUT2D eigenvalue weighted by Gasteiger charge is 2.43. The van der Waals surface area contributed by atoms with Gasteiger partial charge in [-0.05, 0) is 121 Å². The predicted molar refractivity (Wildman–Crippen MR) is 280 cm³/mol. The van der Waals surface area contributed by atoms with E-state index < -0.39 is 35.9 Å². The van der Waals surface area contributed by atoms with E-state index >= 15 is 0 Å². The number of aliphatic imine (C=N–C) groups is 1. The lowest BCUT2D eigenvalue weighted by atomic mass is 9.88. The topological polar surface area (TPSA) is 205 Å². The van der Waals surface area contributed by atoms with E-state index in [1.165, 1.54) is 58.9 Å². The maximum absolute atomic E-state index is 14.5. The number of likely N-dealkylation sites (tertiary alicyclic amines) is 2. The number of nitrogens with one attached hydrogen (secondary N) is 3. The molecule has 2 saturated heterocycles. The number of benzene rings is 2. The fourth-order valence-corrected chi connectivity index (χ4v) is 11.1.